The Labute approximate surface area is 114 Å². The molecule has 1 aliphatic heterocycles. The van der Waals surface area contributed by atoms with Gasteiger partial charge in [-0.1, -0.05) is 18.8 Å². The predicted molar refractivity (Wildman–Crippen MR) is 76.0 cm³/mol. The van der Waals surface area contributed by atoms with E-state index in [4.69, 9.17) is 5.73 Å². The molecule has 2 unspecified atom stereocenters. The Bertz CT molecular complexity index is 501. The van der Waals surface area contributed by atoms with E-state index in [0.717, 1.165) is 24.6 Å². The molecule has 2 N–H and O–H groups in total. The van der Waals surface area contributed by atoms with Crippen LogP contribution in [0.5, 0.6) is 0 Å². The number of likely N-dealkylation sites (tertiary alicyclic amines) is 1. The van der Waals surface area contributed by atoms with Gasteiger partial charge in [0.25, 0.3) is 0 Å². The van der Waals surface area contributed by atoms with E-state index in [1.807, 2.05) is 6.07 Å². The van der Waals surface area contributed by atoms with Crippen molar-refractivity contribution in [3.63, 3.8) is 0 Å². The number of hydrogen-bond acceptors (Lipinski definition) is 2. The van der Waals surface area contributed by atoms with Crippen LogP contribution in [0.3, 0.4) is 0 Å². The summed E-state index contributed by atoms with van der Waals surface area (Å²) in [4.78, 5) is 2.40. The van der Waals surface area contributed by atoms with Crippen LogP contribution in [0.1, 0.15) is 31.4 Å². The summed E-state index contributed by atoms with van der Waals surface area (Å²) in [6.45, 7) is 6.67. The first kappa shape index (κ1) is 14.0. The van der Waals surface area contributed by atoms with Gasteiger partial charge in [0.15, 0.2) is 0 Å². The molecule has 1 heterocycles. The lowest BCUT2D eigenvalue weighted by Crippen LogP contribution is -2.26. The summed E-state index contributed by atoms with van der Waals surface area (Å²) < 4.78 is 13.6. The molecule has 1 aromatic rings. The fraction of sp³-hybridized carbons (Fsp3) is 0.500. The highest BCUT2D eigenvalue weighted by molar-refractivity contribution is 5.38. The molecule has 102 valence electrons. The van der Waals surface area contributed by atoms with Crippen LogP contribution >= 0.6 is 0 Å². The van der Waals surface area contributed by atoms with Crippen LogP contribution in [0.4, 0.5) is 4.39 Å². The maximum Gasteiger partial charge on any atom is 0.124 e. The Morgan fingerprint density at radius 3 is 2.79 bits per heavy atom. The zero-order chi connectivity index (χ0) is 13.8. The molecule has 0 bridgehead atoms. The van der Waals surface area contributed by atoms with Crippen molar-refractivity contribution in [3.8, 4) is 11.8 Å². The average molecular weight is 260 g/mol. The van der Waals surface area contributed by atoms with Crippen molar-refractivity contribution in [2.45, 2.75) is 32.9 Å². The standard InChI is InChI=1S/C16H21FN2/c1-12-6-13(2)19(10-12)11-15-7-14(4-3-5-18)8-16(17)9-15/h7-9,12-13H,5-6,10-11,18H2,1-2H3. The third-order valence-corrected chi connectivity index (χ3v) is 3.59. The molecule has 1 aromatic carbocycles. The fourth-order valence-corrected chi connectivity index (χ4v) is 2.81. The van der Waals surface area contributed by atoms with Gasteiger partial charge >= 0.3 is 0 Å². The van der Waals surface area contributed by atoms with Gasteiger partial charge in [0.2, 0.25) is 0 Å². The summed E-state index contributed by atoms with van der Waals surface area (Å²) in [6, 6.07) is 5.59. The lowest BCUT2D eigenvalue weighted by molar-refractivity contribution is 0.256. The minimum atomic E-state index is -0.223. The number of halogens is 1. The molecule has 0 amide bonds. The summed E-state index contributed by atoms with van der Waals surface area (Å²) in [5.41, 5.74) is 7.04. The first-order valence-electron chi connectivity index (χ1n) is 6.81. The van der Waals surface area contributed by atoms with Crippen LogP contribution < -0.4 is 5.73 Å². The normalized spacial score (nSPS) is 23.2. The molecular weight excluding hydrogens is 239 g/mol. The van der Waals surface area contributed by atoms with Crippen molar-refractivity contribution >= 4 is 0 Å². The van der Waals surface area contributed by atoms with Gasteiger partial charge in [-0.3, -0.25) is 4.90 Å². The van der Waals surface area contributed by atoms with Crippen molar-refractivity contribution < 1.29 is 4.39 Å². The molecule has 1 saturated heterocycles. The van der Waals surface area contributed by atoms with E-state index in [-0.39, 0.29) is 5.82 Å². The summed E-state index contributed by atoms with van der Waals surface area (Å²) in [7, 11) is 0. The van der Waals surface area contributed by atoms with Gasteiger partial charge in [-0.25, -0.2) is 4.39 Å². The molecule has 0 spiro atoms. The molecule has 0 saturated carbocycles. The number of nitrogens with two attached hydrogens (primary N) is 1. The lowest BCUT2D eigenvalue weighted by atomic mass is 10.1. The quantitative estimate of drug-likeness (QED) is 0.827. The first-order chi connectivity index (χ1) is 9.08. The van der Waals surface area contributed by atoms with E-state index in [0.29, 0.717) is 18.2 Å². The van der Waals surface area contributed by atoms with Crippen LogP contribution in [-0.2, 0) is 6.54 Å². The van der Waals surface area contributed by atoms with Gasteiger partial charge in [0.05, 0.1) is 6.54 Å². The molecule has 0 radical (unpaired) electrons. The maximum absolute atomic E-state index is 13.6. The zero-order valence-corrected chi connectivity index (χ0v) is 11.6. The molecule has 3 heteroatoms. The highest BCUT2D eigenvalue weighted by Gasteiger charge is 2.25. The van der Waals surface area contributed by atoms with Gasteiger partial charge in [0.1, 0.15) is 5.82 Å². The summed E-state index contributed by atoms with van der Waals surface area (Å²) in [6.07, 6.45) is 1.22. The second-order valence-electron chi connectivity index (χ2n) is 5.47. The van der Waals surface area contributed by atoms with Crippen LogP contribution in [-0.4, -0.2) is 24.0 Å². The second-order valence-corrected chi connectivity index (χ2v) is 5.47. The summed E-state index contributed by atoms with van der Waals surface area (Å²) >= 11 is 0. The van der Waals surface area contributed by atoms with Gasteiger partial charge in [-0.15, -0.1) is 0 Å². The van der Waals surface area contributed by atoms with Gasteiger partial charge in [0, 0.05) is 24.7 Å². The van der Waals surface area contributed by atoms with E-state index in [1.165, 1.54) is 12.5 Å². The van der Waals surface area contributed by atoms with E-state index in [2.05, 4.69) is 30.6 Å². The van der Waals surface area contributed by atoms with E-state index >= 15 is 0 Å². The van der Waals surface area contributed by atoms with Crippen LogP contribution in [0, 0.1) is 23.6 Å². The zero-order valence-electron chi connectivity index (χ0n) is 11.6. The highest BCUT2D eigenvalue weighted by Crippen LogP contribution is 2.24. The smallest absolute Gasteiger partial charge is 0.124 e. The molecule has 1 aliphatic rings. The lowest BCUT2D eigenvalue weighted by Gasteiger charge is -2.21. The van der Waals surface area contributed by atoms with E-state index in [1.54, 1.807) is 6.07 Å². The molecule has 2 rings (SSSR count). The van der Waals surface area contributed by atoms with Crippen molar-refractivity contribution in [1.82, 2.24) is 4.90 Å². The third-order valence-electron chi connectivity index (χ3n) is 3.59. The minimum absolute atomic E-state index is 0.223. The number of benzene rings is 1. The van der Waals surface area contributed by atoms with Gasteiger partial charge in [-0.2, -0.15) is 0 Å². The minimum Gasteiger partial charge on any atom is -0.320 e. The fourth-order valence-electron chi connectivity index (χ4n) is 2.81. The van der Waals surface area contributed by atoms with Crippen LogP contribution in [0.2, 0.25) is 0 Å². The molecule has 2 atom stereocenters. The first-order valence-corrected chi connectivity index (χ1v) is 6.81. The van der Waals surface area contributed by atoms with Crippen molar-refractivity contribution in [3.05, 3.63) is 35.1 Å². The maximum atomic E-state index is 13.6. The predicted octanol–water partition coefficient (Wildman–Crippen LogP) is 2.37. The average Bonchev–Trinajstić information content (AvgIpc) is 2.64. The molecule has 0 aliphatic carbocycles. The SMILES string of the molecule is CC1CC(C)N(Cc2cc(F)cc(C#CCN)c2)C1. The number of hydrogen-bond donors (Lipinski definition) is 1. The van der Waals surface area contributed by atoms with Crippen molar-refractivity contribution in [2.75, 3.05) is 13.1 Å². The van der Waals surface area contributed by atoms with Gasteiger partial charge in [-0.05, 0) is 43.0 Å². The largest absolute Gasteiger partial charge is 0.320 e. The van der Waals surface area contributed by atoms with Crippen LogP contribution in [0.15, 0.2) is 18.2 Å². The summed E-state index contributed by atoms with van der Waals surface area (Å²) in [5.74, 6) is 6.16. The molecule has 0 aromatic heterocycles. The topological polar surface area (TPSA) is 29.3 Å². The van der Waals surface area contributed by atoms with E-state index in [9.17, 15) is 4.39 Å². The second kappa shape index (κ2) is 6.18. The van der Waals surface area contributed by atoms with Crippen molar-refractivity contribution in [1.29, 1.82) is 0 Å². The van der Waals surface area contributed by atoms with Gasteiger partial charge < -0.3 is 5.73 Å². The number of rotatable bonds is 2. The summed E-state index contributed by atoms with van der Waals surface area (Å²) in [5, 5.41) is 0. The molecule has 19 heavy (non-hydrogen) atoms. The van der Waals surface area contributed by atoms with E-state index < -0.39 is 0 Å². The highest BCUT2D eigenvalue weighted by atomic mass is 19.1. The van der Waals surface area contributed by atoms with Crippen LogP contribution in [0.25, 0.3) is 0 Å². The Kier molecular flexibility index (Phi) is 4.57. The third kappa shape index (κ3) is 3.79. The Hall–Kier alpha value is -1.37. The monoisotopic (exact) mass is 260 g/mol. The Balaban J connectivity index is 2.14. The van der Waals surface area contributed by atoms with Crippen molar-refractivity contribution in [2.24, 2.45) is 11.7 Å². The number of nitrogens with zero attached hydrogens (tertiary/aromatic N) is 1. The Morgan fingerprint density at radius 1 is 1.37 bits per heavy atom. The Morgan fingerprint density at radius 2 is 2.16 bits per heavy atom. The molecular formula is C16H21FN2. The molecule has 1 fully saturated rings. The molecule has 2 nitrogen and oxygen atoms in total.